The van der Waals surface area contributed by atoms with Gasteiger partial charge in [-0.2, -0.15) is 0 Å². The van der Waals surface area contributed by atoms with Gasteiger partial charge in [0, 0.05) is 0 Å². The summed E-state index contributed by atoms with van der Waals surface area (Å²) >= 11 is 0. The van der Waals surface area contributed by atoms with E-state index in [1.54, 1.807) is 0 Å². The molecule has 5 nitrogen and oxygen atoms in total. The molecule has 0 aliphatic rings. The van der Waals surface area contributed by atoms with Crippen LogP contribution in [0.25, 0.3) is 0 Å². The van der Waals surface area contributed by atoms with E-state index in [4.69, 9.17) is 0 Å². The SMILES string of the molecule is O=[C]OCOCOP=O. The molecular formula is C3H4O5P. The minimum absolute atomic E-state index is 0.174. The topological polar surface area (TPSA) is 61.8 Å². The fourth-order valence-electron chi connectivity index (χ4n) is 0.159. The third-order valence-corrected chi connectivity index (χ3v) is 0.601. The molecule has 0 aromatic carbocycles. The van der Waals surface area contributed by atoms with Gasteiger partial charge in [0.05, 0.1) is 0 Å². The summed E-state index contributed by atoms with van der Waals surface area (Å²) in [4.78, 5) is 9.31. The van der Waals surface area contributed by atoms with Crippen LogP contribution in [0.5, 0.6) is 0 Å². The van der Waals surface area contributed by atoms with Crippen molar-refractivity contribution in [2.75, 3.05) is 13.6 Å². The van der Waals surface area contributed by atoms with Gasteiger partial charge in [0.25, 0.3) is 0 Å². The number of hydrogen-bond donors (Lipinski definition) is 0. The van der Waals surface area contributed by atoms with Crippen molar-refractivity contribution >= 4 is 15.2 Å². The van der Waals surface area contributed by atoms with E-state index in [1.807, 2.05) is 0 Å². The molecule has 0 saturated heterocycles. The molecule has 0 saturated carbocycles. The molecular weight excluding hydrogens is 147 g/mol. The van der Waals surface area contributed by atoms with Crippen molar-refractivity contribution < 1.29 is 23.4 Å². The van der Waals surface area contributed by atoms with Gasteiger partial charge in [-0.05, 0) is 0 Å². The average molecular weight is 151 g/mol. The van der Waals surface area contributed by atoms with E-state index in [0.717, 1.165) is 6.47 Å². The lowest BCUT2D eigenvalue weighted by Gasteiger charge is -1.95. The van der Waals surface area contributed by atoms with Gasteiger partial charge in [-0.3, -0.25) is 4.52 Å². The Bertz CT molecular complexity index is 74.3. The summed E-state index contributed by atoms with van der Waals surface area (Å²) < 4.78 is 22.0. The molecule has 0 N–H and O–H groups in total. The molecule has 0 spiro atoms. The lowest BCUT2D eigenvalue weighted by molar-refractivity contribution is -0.0552. The molecule has 0 amide bonds. The first-order chi connectivity index (χ1) is 4.41. The molecule has 0 aromatic heterocycles. The van der Waals surface area contributed by atoms with Crippen LogP contribution in [0.1, 0.15) is 0 Å². The van der Waals surface area contributed by atoms with E-state index in [9.17, 15) is 9.36 Å². The van der Waals surface area contributed by atoms with Gasteiger partial charge in [-0.1, -0.05) is 0 Å². The van der Waals surface area contributed by atoms with Crippen LogP contribution in [-0.2, 0) is 23.4 Å². The second kappa shape index (κ2) is 7.49. The first-order valence-corrected chi connectivity index (χ1v) is 2.66. The van der Waals surface area contributed by atoms with Crippen molar-refractivity contribution in [1.29, 1.82) is 0 Å². The summed E-state index contributed by atoms with van der Waals surface area (Å²) in [7, 11) is -0.464. The first kappa shape index (κ1) is 8.49. The summed E-state index contributed by atoms with van der Waals surface area (Å²) in [6.07, 6.45) is 0. The van der Waals surface area contributed by atoms with Crippen LogP contribution < -0.4 is 0 Å². The second-order valence-electron chi connectivity index (χ2n) is 0.871. The van der Waals surface area contributed by atoms with Gasteiger partial charge in [-0.15, -0.1) is 0 Å². The molecule has 0 fully saturated rings. The molecule has 0 atom stereocenters. The average Bonchev–Trinajstić information content (AvgIpc) is 1.89. The second-order valence-corrected chi connectivity index (χ2v) is 1.28. The largest absolute Gasteiger partial charge is 0.430 e. The third-order valence-electron chi connectivity index (χ3n) is 0.390. The van der Waals surface area contributed by atoms with Crippen LogP contribution in [0.15, 0.2) is 0 Å². The molecule has 0 unspecified atom stereocenters. The van der Waals surface area contributed by atoms with Crippen LogP contribution in [0.4, 0.5) is 0 Å². The Morgan fingerprint density at radius 3 is 2.78 bits per heavy atom. The molecule has 0 bridgehead atoms. The normalized spacial score (nSPS) is 9.33. The van der Waals surface area contributed by atoms with Crippen molar-refractivity contribution in [3.63, 3.8) is 0 Å². The predicted octanol–water partition coefficient (Wildman–Crippen LogP) is 0.225. The zero-order valence-corrected chi connectivity index (χ0v) is 5.30. The smallest absolute Gasteiger partial charge is 0.419 e. The van der Waals surface area contributed by atoms with Crippen LogP contribution >= 0.6 is 8.69 Å². The van der Waals surface area contributed by atoms with Crippen LogP contribution in [0.2, 0.25) is 0 Å². The van der Waals surface area contributed by atoms with Crippen molar-refractivity contribution in [3.05, 3.63) is 0 Å². The fourth-order valence-corrected chi connectivity index (χ4v) is 0.276. The quantitative estimate of drug-likeness (QED) is 0.308. The number of hydrogen-bond acceptors (Lipinski definition) is 5. The molecule has 9 heavy (non-hydrogen) atoms. The number of ether oxygens (including phenoxy) is 2. The van der Waals surface area contributed by atoms with Gasteiger partial charge < -0.3 is 9.47 Å². The van der Waals surface area contributed by atoms with E-state index in [0.29, 0.717) is 0 Å². The van der Waals surface area contributed by atoms with Crippen LogP contribution in [0.3, 0.4) is 0 Å². The highest BCUT2D eigenvalue weighted by Gasteiger charge is 1.84. The van der Waals surface area contributed by atoms with E-state index >= 15 is 0 Å². The van der Waals surface area contributed by atoms with E-state index < -0.39 is 8.69 Å². The standard InChI is InChI=1S/C3H4O5P/c4-1-6-2-7-3-8-9-5/h2-3H2. The molecule has 6 heteroatoms. The monoisotopic (exact) mass is 151 g/mol. The summed E-state index contributed by atoms with van der Waals surface area (Å²) in [5.41, 5.74) is 0. The maximum atomic E-state index is 9.51. The lowest BCUT2D eigenvalue weighted by atomic mass is 11.3. The Morgan fingerprint density at radius 2 is 2.22 bits per heavy atom. The Kier molecular flexibility index (Phi) is 7.07. The Balaban J connectivity index is 2.74. The summed E-state index contributed by atoms with van der Waals surface area (Å²) in [5, 5.41) is 0. The van der Waals surface area contributed by atoms with Gasteiger partial charge in [0.15, 0.2) is 13.6 Å². The van der Waals surface area contributed by atoms with E-state index in [1.165, 1.54) is 0 Å². The first-order valence-electron chi connectivity index (χ1n) is 1.93. The summed E-state index contributed by atoms with van der Waals surface area (Å²) in [6.45, 7) is 0.723. The van der Waals surface area contributed by atoms with Gasteiger partial charge in [-0.25, -0.2) is 9.36 Å². The Hall–Kier alpha value is -0.510. The zero-order valence-electron chi connectivity index (χ0n) is 4.40. The van der Waals surface area contributed by atoms with Crippen molar-refractivity contribution in [2.45, 2.75) is 0 Å². The minimum Gasteiger partial charge on any atom is -0.430 e. The fraction of sp³-hybridized carbons (Fsp3) is 0.667. The Labute approximate surface area is 53.2 Å². The molecule has 0 aliphatic carbocycles. The lowest BCUT2D eigenvalue weighted by Crippen LogP contribution is -1.99. The third kappa shape index (κ3) is 7.49. The molecule has 51 valence electrons. The van der Waals surface area contributed by atoms with Crippen LogP contribution in [-0.4, -0.2) is 20.1 Å². The van der Waals surface area contributed by atoms with Crippen LogP contribution in [0, 0.1) is 0 Å². The highest BCUT2D eigenvalue weighted by molar-refractivity contribution is 7.17. The number of rotatable bonds is 6. The van der Waals surface area contributed by atoms with Gasteiger partial charge in [0.1, 0.15) is 0 Å². The van der Waals surface area contributed by atoms with Gasteiger partial charge >= 0.3 is 15.2 Å². The van der Waals surface area contributed by atoms with E-state index in [2.05, 4.69) is 14.0 Å². The maximum absolute atomic E-state index is 9.51. The highest BCUT2D eigenvalue weighted by Crippen LogP contribution is 1.92. The van der Waals surface area contributed by atoms with Gasteiger partial charge in [0.2, 0.25) is 0 Å². The van der Waals surface area contributed by atoms with Crippen molar-refractivity contribution in [2.24, 2.45) is 0 Å². The van der Waals surface area contributed by atoms with Crippen molar-refractivity contribution in [3.8, 4) is 0 Å². The summed E-state index contributed by atoms with van der Waals surface area (Å²) in [6, 6.07) is 0. The maximum Gasteiger partial charge on any atom is 0.419 e. The van der Waals surface area contributed by atoms with E-state index in [-0.39, 0.29) is 13.6 Å². The molecule has 0 aromatic rings. The highest BCUT2D eigenvalue weighted by atomic mass is 31.1. The number of carbonyl (C=O) groups excluding carboxylic acids is 1. The molecule has 0 rings (SSSR count). The Morgan fingerprint density at radius 1 is 1.44 bits per heavy atom. The predicted molar refractivity (Wildman–Crippen MR) is 26.3 cm³/mol. The minimum atomic E-state index is -0.464. The summed E-state index contributed by atoms with van der Waals surface area (Å²) in [5.74, 6) is 0. The van der Waals surface area contributed by atoms with Crippen molar-refractivity contribution in [1.82, 2.24) is 0 Å². The zero-order chi connectivity index (χ0) is 6.95. The molecule has 0 heterocycles. The molecule has 0 aliphatic heterocycles. The molecule has 1 radical (unpaired) electrons.